The molecule has 0 heterocycles. The molecule has 0 saturated heterocycles. The van der Waals surface area contributed by atoms with E-state index in [1.54, 1.807) is 13.8 Å². The molecule has 3 nitrogen and oxygen atoms in total. The summed E-state index contributed by atoms with van der Waals surface area (Å²) in [5.74, 6) is 0.000149. The lowest BCUT2D eigenvalue weighted by Gasteiger charge is -2.27. The lowest BCUT2D eigenvalue weighted by molar-refractivity contribution is -0.146. The fourth-order valence-corrected chi connectivity index (χ4v) is 2.47. The van der Waals surface area contributed by atoms with Crippen molar-refractivity contribution >= 4 is 5.97 Å². The van der Waals surface area contributed by atoms with Crippen LogP contribution in [0.1, 0.15) is 59.3 Å². The largest absolute Gasteiger partial charge is 0.481 e. The van der Waals surface area contributed by atoms with E-state index >= 15 is 0 Å². The smallest absolute Gasteiger partial charge is 0.310 e. The first-order valence-corrected chi connectivity index (χ1v) is 6.90. The Bertz CT molecular complexity index is 243. The van der Waals surface area contributed by atoms with Gasteiger partial charge in [0.05, 0.1) is 5.41 Å². The van der Waals surface area contributed by atoms with Crippen molar-refractivity contribution in [1.29, 1.82) is 0 Å². The third-order valence-electron chi connectivity index (χ3n) is 4.05. The number of aliphatic carboxylic acids is 1. The zero-order chi connectivity index (χ0) is 12.9. The van der Waals surface area contributed by atoms with Crippen molar-refractivity contribution in [1.82, 2.24) is 5.32 Å². The molecule has 0 radical (unpaired) electrons. The maximum atomic E-state index is 11.0. The monoisotopic (exact) mass is 241 g/mol. The van der Waals surface area contributed by atoms with Crippen LogP contribution in [0.5, 0.6) is 0 Å². The topological polar surface area (TPSA) is 49.3 Å². The molecule has 1 rings (SSSR count). The molecule has 0 unspecified atom stereocenters. The zero-order valence-electron chi connectivity index (χ0n) is 11.5. The highest BCUT2D eigenvalue weighted by molar-refractivity contribution is 5.73. The van der Waals surface area contributed by atoms with Crippen LogP contribution < -0.4 is 5.32 Å². The molecule has 0 aliphatic heterocycles. The molecule has 0 aromatic heterocycles. The minimum absolute atomic E-state index is 0.437. The van der Waals surface area contributed by atoms with Gasteiger partial charge in [-0.1, -0.05) is 25.7 Å². The van der Waals surface area contributed by atoms with Gasteiger partial charge in [0.2, 0.25) is 0 Å². The standard InChI is InChI=1S/C14H27NO2/c1-11(12-8-6-4-5-7-9-12)15-10-14(2,3)13(16)17/h11-12,15H,4-10H2,1-3H3,(H,16,17)/t11-/m0/s1. The van der Waals surface area contributed by atoms with Gasteiger partial charge in [-0.25, -0.2) is 0 Å². The van der Waals surface area contributed by atoms with E-state index in [1.807, 2.05) is 0 Å². The summed E-state index contributed by atoms with van der Waals surface area (Å²) >= 11 is 0. The van der Waals surface area contributed by atoms with Crippen molar-refractivity contribution in [2.24, 2.45) is 11.3 Å². The number of hydrogen-bond acceptors (Lipinski definition) is 2. The van der Waals surface area contributed by atoms with Crippen LogP contribution in [0.2, 0.25) is 0 Å². The minimum Gasteiger partial charge on any atom is -0.481 e. The maximum Gasteiger partial charge on any atom is 0.310 e. The van der Waals surface area contributed by atoms with Crippen LogP contribution in [0.25, 0.3) is 0 Å². The normalized spacial score (nSPS) is 20.9. The lowest BCUT2D eigenvalue weighted by atomic mass is 9.90. The average molecular weight is 241 g/mol. The van der Waals surface area contributed by atoms with Gasteiger partial charge in [-0.2, -0.15) is 0 Å². The summed E-state index contributed by atoms with van der Waals surface area (Å²) < 4.78 is 0. The minimum atomic E-state index is -0.724. The summed E-state index contributed by atoms with van der Waals surface area (Å²) in [6, 6.07) is 0.437. The highest BCUT2D eigenvalue weighted by atomic mass is 16.4. The molecule has 1 fully saturated rings. The van der Waals surface area contributed by atoms with Crippen LogP contribution in [0.4, 0.5) is 0 Å². The van der Waals surface area contributed by atoms with Crippen LogP contribution in [0.15, 0.2) is 0 Å². The Balaban J connectivity index is 2.37. The van der Waals surface area contributed by atoms with Gasteiger partial charge in [-0.15, -0.1) is 0 Å². The van der Waals surface area contributed by atoms with E-state index in [0.29, 0.717) is 12.6 Å². The first kappa shape index (κ1) is 14.5. The predicted molar refractivity (Wildman–Crippen MR) is 70.1 cm³/mol. The molecule has 17 heavy (non-hydrogen) atoms. The number of nitrogens with one attached hydrogen (secondary N) is 1. The molecule has 1 saturated carbocycles. The molecule has 0 spiro atoms. The van der Waals surface area contributed by atoms with Crippen LogP contribution >= 0.6 is 0 Å². The lowest BCUT2D eigenvalue weighted by Crippen LogP contribution is -2.42. The van der Waals surface area contributed by atoms with Crippen molar-refractivity contribution in [3.05, 3.63) is 0 Å². The van der Waals surface area contributed by atoms with Gasteiger partial charge in [0.25, 0.3) is 0 Å². The molecule has 0 amide bonds. The maximum absolute atomic E-state index is 11.0. The van der Waals surface area contributed by atoms with Crippen LogP contribution in [-0.2, 0) is 4.79 Å². The van der Waals surface area contributed by atoms with Crippen molar-refractivity contribution in [3.8, 4) is 0 Å². The Kier molecular flexibility index (Phi) is 5.44. The summed E-state index contributed by atoms with van der Waals surface area (Å²) in [6.07, 6.45) is 7.98. The van der Waals surface area contributed by atoms with Crippen LogP contribution in [-0.4, -0.2) is 23.7 Å². The Labute approximate surface area is 105 Å². The summed E-state index contributed by atoms with van der Waals surface area (Å²) in [7, 11) is 0. The predicted octanol–water partition coefficient (Wildman–Crippen LogP) is 3.05. The second-order valence-electron chi connectivity index (χ2n) is 6.11. The Morgan fingerprint density at radius 2 is 1.82 bits per heavy atom. The van der Waals surface area contributed by atoms with E-state index in [-0.39, 0.29) is 0 Å². The molecular formula is C14H27NO2. The highest BCUT2D eigenvalue weighted by Gasteiger charge is 2.28. The average Bonchev–Trinajstić information content (AvgIpc) is 2.54. The van der Waals surface area contributed by atoms with E-state index in [9.17, 15) is 4.79 Å². The molecule has 0 bridgehead atoms. The van der Waals surface area contributed by atoms with E-state index in [4.69, 9.17) is 5.11 Å². The molecule has 0 aromatic rings. The summed E-state index contributed by atoms with van der Waals surface area (Å²) in [5.41, 5.74) is -0.668. The Morgan fingerprint density at radius 1 is 1.29 bits per heavy atom. The molecule has 1 aliphatic rings. The van der Waals surface area contributed by atoms with E-state index < -0.39 is 11.4 Å². The highest BCUT2D eigenvalue weighted by Crippen LogP contribution is 2.26. The van der Waals surface area contributed by atoms with Gasteiger partial charge >= 0.3 is 5.97 Å². The first-order valence-electron chi connectivity index (χ1n) is 6.90. The third-order valence-corrected chi connectivity index (χ3v) is 4.05. The molecule has 3 heteroatoms. The van der Waals surface area contributed by atoms with Gasteiger partial charge in [0, 0.05) is 12.6 Å². The number of carbonyl (C=O) groups is 1. The van der Waals surface area contributed by atoms with Crippen LogP contribution in [0.3, 0.4) is 0 Å². The number of hydrogen-bond donors (Lipinski definition) is 2. The van der Waals surface area contributed by atoms with Gasteiger partial charge in [0.15, 0.2) is 0 Å². The summed E-state index contributed by atoms with van der Waals surface area (Å²) in [4.78, 5) is 11.0. The quantitative estimate of drug-likeness (QED) is 0.727. The summed E-state index contributed by atoms with van der Waals surface area (Å²) in [6.45, 7) is 6.32. The van der Waals surface area contributed by atoms with Crippen molar-refractivity contribution in [3.63, 3.8) is 0 Å². The van der Waals surface area contributed by atoms with E-state index in [1.165, 1.54) is 38.5 Å². The van der Waals surface area contributed by atoms with Gasteiger partial charge in [0.1, 0.15) is 0 Å². The van der Waals surface area contributed by atoms with Crippen molar-refractivity contribution < 1.29 is 9.90 Å². The molecule has 1 aliphatic carbocycles. The fraction of sp³-hybridized carbons (Fsp3) is 0.929. The Hall–Kier alpha value is -0.570. The second kappa shape index (κ2) is 6.39. The van der Waals surface area contributed by atoms with Crippen molar-refractivity contribution in [2.45, 2.75) is 65.3 Å². The molecule has 2 N–H and O–H groups in total. The summed E-state index contributed by atoms with van der Waals surface area (Å²) in [5, 5.41) is 12.5. The molecule has 1 atom stereocenters. The van der Waals surface area contributed by atoms with Gasteiger partial charge < -0.3 is 10.4 Å². The fourth-order valence-electron chi connectivity index (χ4n) is 2.47. The molecule has 100 valence electrons. The van der Waals surface area contributed by atoms with E-state index in [0.717, 1.165) is 5.92 Å². The third kappa shape index (κ3) is 4.66. The number of rotatable bonds is 5. The van der Waals surface area contributed by atoms with E-state index in [2.05, 4.69) is 12.2 Å². The zero-order valence-corrected chi connectivity index (χ0v) is 11.5. The number of carboxylic acids is 1. The number of carboxylic acid groups (broad SMARTS) is 1. The Morgan fingerprint density at radius 3 is 2.29 bits per heavy atom. The molecular weight excluding hydrogens is 214 g/mol. The first-order chi connectivity index (χ1) is 7.93. The van der Waals surface area contributed by atoms with Gasteiger partial charge in [-0.05, 0) is 39.5 Å². The van der Waals surface area contributed by atoms with Crippen LogP contribution in [0, 0.1) is 11.3 Å². The second-order valence-corrected chi connectivity index (χ2v) is 6.11. The van der Waals surface area contributed by atoms with Gasteiger partial charge in [-0.3, -0.25) is 4.79 Å². The van der Waals surface area contributed by atoms with Crippen molar-refractivity contribution in [2.75, 3.05) is 6.54 Å². The molecule has 0 aromatic carbocycles. The SMILES string of the molecule is C[C@H](NCC(C)(C)C(=O)O)C1CCCCCC1.